The van der Waals surface area contributed by atoms with Gasteiger partial charge in [-0.3, -0.25) is 4.79 Å². The maximum absolute atomic E-state index is 13.7. The number of phenolic OH excluding ortho intramolecular Hbond substituents is 1. The topological polar surface area (TPSA) is 116 Å². The maximum Gasteiger partial charge on any atom is 0.417 e. The van der Waals surface area contributed by atoms with Crippen molar-refractivity contribution >= 4 is 57.6 Å². The number of alkyl halides is 3. The Morgan fingerprint density at radius 3 is 2.18 bits per heavy atom. The van der Waals surface area contributed by atoms with E-state index < -0.39 is 29.0 Å². The number of thiophene rings is 1. The van der Waals surface area contributed by atoms with Crippen LogP contribution in [0.3, 0.4) is 0 Å². The summed E-state index contributed by atoms with van der Waals surface area (Å²) in [5.41, 5.74) is -2.02. The zero-order valence-corrected chi connectivity index (χ0v) is 23.1. The molecule has 1 aromatic carbocycles. The van der Waals surface area contributed by atoms with Crippen molar-refractivity contribution in [2.24, 2.45) is 5.41 Å². The summed E-state index contributed by atoms with van der Waals surface area (Å²) < 4.78 is 49.3. The van der Waals surface area contributed by atoms with Gasteiger partial charge in [0.05, 0.1) is 34.6 Å². The fourth-order valence-electron chi connectivity index (χ4n) is 3.78. The molecule has 0 spiro atoms. The maximum atomic E-state index is 13.7. The second-order valence-corrected chi connectivity index (χ2v) is 11.8. The van der Waals surface area contributed by atoms with Gasteiger partial charge in [0.1, 0.15) is 0 Å². The molecule has 1 atom stereocenters. The van der Waals surface area contributed by atoms with Gasteiger partial charge in [0, 0.05) is 23.8 Å². The monoisotopic (exact) mass is 565 g/mol. The molecule has 0 radical (unpaired) electrons. The van der Waals surface area contributed by atoms with Gasteiger partial charge >= 0.3 is 6.18 Å². The van der Waals surface area contributed by atoms with E-state index in [9.17, 15) is 23.1 Å². The van der Waals surface area contributed by atoms with Gasteiger partial charge in [-0.2, -0.15) is 21.9 Å². The molecule has 9 nitrogen and oxygen atoms in total. The Labute approximate surface area is 225 Å². The summed E-state index contributed by atoms with van der Waals surface area (Å²) in [5.74, 6) is -1.49. The molecular weight excluding hydrogens is 539 g/mol. The average Bonchev–Trinajstić information content (AvgIpc) is 3.44. The van der Waals surface area contributed by atoms with Crippen LogP contribution in [0.25, 0.3) is 11.3 Å². The van der Waals surface area contributed by atoms with Crippen molar-refractivity contribution in [1.29, 1.82) is 0 Å². The van der Waals surface area contributed by atoms with Crippen LogP contribution in [0.15, 0.2) is 24.3 Å². The molecule has 4 aromatic rings. The van der Waals surface area contributed by atoms with Crippen LogP contribution < -0.4 is 10.6 Å². The summed E-state index contributed by atoms with van der Waals surface area (Å²) in [6, 6.07) is 5.61. The van der Waals surface area contributed by atoms with Gasteiger partial charge in [-0.1, -0.05) is 20.8 Å². The standard InChI is InChI=1S/C24H26F3N7O2S2/c1-11-7-10-14(37-11)17(23(2,3)4)29-19-18(30-20-21(31-19)33-38-32-20)28-13-9-8-12(24(25,26)27)15(16(13)35)22(36)34(5)6/h7-10,17,35H,1-6H3,(H,28,30,32)(H,29,31,33)/t17-/m0/s1. The number of nitrogens with one attached hydrogen (secondary N) is 2. The third-order valence-electron chi connectivity index (χ3n) is 5.66. The smallest absolute Gasteiger partial charge is 0.417 e. The second-order valence-electron chi connectivity index (χ2n) is 9.93. The van der Waals surface area contributed by atoms with Gasteiger partial charge in [-0.25, -0.2) is 9.97 Å². The second kappa shape index (κ2) is 9.98. The molecule has 1 amide bonds. The molecule has 0 saturated carbocycles. The highest BCUT2D eigenvalue weighted by Crippen LogP contribution is 2.43. The number of halogens is 3. The van der Waals surface area contributed by atoms with Crippen molar-refractivity contribution in [2.75, 3.05) is 24.7 Å². The van der Waals surface area contributed by atoms with E-state index in [0.29, 0.717) is 0 Å². The third-order valence-corrected chi connectivity index (χ3v) is 7.24. The number of aromatic nitrogens is 4. The fourth-order valence-corrected chi connectivity index (χ4v) is 5.40. The van der Waals surface area contributed by atoms with E-state index in [1.54, 1.807) is 11.3 Å². The number of aryl methyl sites for hydroxylation is 1. The van der Waals surface area contributed by atoms with Crippen LogP contribution >= 0.6 is 23.1 Å². The summed E-state index contributed by atoms with van der Waals surface area (Å²) in [5, 5.41) is 17.1. The molecule has 14 heteroatoms. The summed E-state index contributed by atoms with van der Waals surface area (Å²) in [6.07, 6.45) is -4.85. The quantitative estimate of drug-likeness (QED) is 0.236. The lowest BCUT2D eigenvalue weighted by Gasteiger charge is -2.31. The number of hydrogen-bond acceptors (Lipinski definition) is 10. The Bertz CT molecular complexity index is 1490. The predicted octanol–water partition coefficient (Wildman–Crippen LogP) is 6.22. The van der Waals surface area contributed by atoms with Gasteiger partial charge in [0.2, 0.25) is 11.3 Å². The van der Waals surface area contributed by atoms with Crippen molar-refractivity contribution in [3.63, 3.8) is 0 Å². The molecule has 3 N–H and O–H groups in total. The Kier molecular flexibility index (Phi) is 7.23. The number of phenols is 1. The first-order valence-electron chi connectivity index (χ1n) is 11.4. The van der Waals surface area contributed by atoms with E-state index in [1.165, 1.54) is 14.1 Å². The largest absolute Gasteiger partial charge is 0.505 e. The number of hydrogen-bond donors (Lipinski definition) is 3. The fraction of sp³-hybridized carbons (Fsp3) is 0.375. The van der Waals surface area contributed by atoms with Crippen LogP contribution in [0.2, 0.25) is 0 Å². The number of carbonyl (C=O) groups excluding carboxylic acids is 1. The van der Waals surface area contributed by atoms with Gasteiger partial charge < -0.3 is 20.6 Å². The zero-order chi connectivity index (χ0) is 28.0. The first-order chi connectivity index (χ1) is 17.7. The molecule has 38 heavy (non-hydrogen) atoms. The summed E-state index contributed by atoms with van der Waals surface area (Å²) in [6.45, 7) is 8.19. The zero-order valence-electron chi connectivity index (χ0n) is 21.4. The highest BCUT2D eigenvalue weighted by atomic mass is 32.1. The van der Waals surface area contributed by atoms with E-state index in [0.717, 1.165) is 38.5 Å². The van der Waals surface area contributed by atoms with Crippen LogP contribution in [0.4, 0.5) is 30.5 Å². The number of benzene rings is 1. The van der Waals surface area contributed by atoms with Crippen LogP contribution in [0.1, 0.15) is 52.5 Å². The molecule has 3 aromatic heterocycles. The Hall–Kier alpha value is -3.52. The molecule has 0 fully saturated rings. The van der Waals surface area contributed by atoms with Crippen molar-refractivity contribution in [1.82, 2.24) is 23.6 Å². The predicted molar refractivity (Wildman–Crippen MR) is 142 cm³/mol. The molecular formula is C24H26F3N7O2S2. The molecule has 0 bridgehead atoms. The number of amides is 1. The number of aromatic hydroxyl groups is 1. The lowest BCUT2D eigenvalue weighted by atomic mass is 9.86. The lowest BCUT2D eigenvalue weighted by Crippen LogP contribution is -2.26. The average molecular weight is 566 g/mol. The van der Waals surface area contributed by atoms with E-state index in [2.05, 4.69) is 50.1 Å². The third kappa shape index (κ3) is 5.50. The SMILES string of the molecule is Cc1ccc([C@H](Nc2nc3nsnc3nc2Nc2ccc(C(F)(F)F)c(C(=O)N(C)C)c2O)C(C)(C)C)s1. The van der Waals surface area contributed by atoms with Crippen molar-refractivity contribution in [3.05, 3.63) is 45.1 Å². The minimum atomic E-state index is -4.85. The minimum Gasteiger partial charge on any atom is -0.505 e. The summed E-state index contributed by atoms with van der Waals surface area (Å²) in [4.78, 5) is 24.8. The Morgan fingerprint density at radius 1 is 1.03 bits per heavy atom. The molecule has 0 aliphatic rings. The first kappa shape index (κ1) is 27.5. The van der Waals surface area contributed by atoms with Crippen molar-refractivity contribution < 1.29 is 23.1 Å². The van der Waals surface area contributed by atoms with Gasteiger partial charge in [-0.15, -0.1) is 11.3 Å². The molecule has 0 aliphatic carbocycles. The highest BCUT2D eigenvalue weighted by Gasteiger charge is 2.38. The van der Waals surface area contributed by atoms with Crippen molar-refractivity contribution in [2.45, 2.75) is 39.9 Å². The molecule has 0 aliphatic heterocycles. The van der Waals surface area contributed by atoms with Gasteiger partial charge in [0.15, 0.2) is 17.4 Å². The minimum absolute atomic E-state index is 0.103. The van der Waals surface area contributed by atoms with Crippen molar-refractivity contribution in [3.8, 4) is 5.75 Å². The van der Waals surface area contributed by atoms with Crippen LogP contribution in [-0.2, 0) is 6.18 Å². The molecule has 202 valence electrons. The first-order valence-corrected chi connectivity index (χ1v) is 13.0. The number of nitrogens with zero attached hydrogens (tertiary/aromatic N) is 5. The van der Waals surface area contributed by atoms with Crippen LogP contribution in [0.5, 0.6) is 5.75 Å². The van der Waals surface area contributed by atoms with Crippen LogP contribution in [0, 0.1) is 12.3 Å². The summed E-state index contributed by atoms with van der Waals surface area (Å²) >= 11 is 2.54. The normalized spacial score (nSPS) is 13.0. The number of fused-ring (bicyclic) bond motifs is 1. The van der Waals surface area contributed by atoms with E-state index >= 15 is 0 Å². The van der Waals surface area contributed by atoms with E-state index in [4.69, 9.17) is 0 Å². The molecule has 0 unspecified atom stereocenters. The van der Waals surface area contributed by atoms with Gasteiger partial charge in [-0.05, 0) is 36.6 Å². The number of anilines is 3. The van der Waals surface area contributed by atoms with E-state index in [-0.39, 0.29) is 40.1 Å². The number of rotatable bonds is 6. The molecule has 3 heterocycles. The number of carbonyl (C=O) groups is 1. The summed E-state index contributed by atoms with van der Waals surface area (Å²) in [7, 11) is 2.61. The van der Waals surface area contributed by atoms with Crippen LogP contribution in [-0.4, -0.2) is 48.7 Å². The highest BCUT2D eigenvalue weighted by molar-refractivity contribution is 7.12. The lowest BCUT2D eigenvalue weighted by molar-refractivity contribution is -0.138. The molecule has 4 rings (SSSR count). The Morgan fingerprint density at radius 2 is 1.66 bits per heavy atom. The van der Waals surface area contributed by atoms with Gasteiger partial charge in [0.25, 0.3) is 5.91 Å². The van der Waals surface area contributed by atoms with E-state index in [1.807, 2.05) is 19.1 Å². The molecule has 0 saturated heterocycles. The Balaban J connectivity index is 1.83.